The van der Waals surface area contributed by atoms with E-state index in [-0.39, 0.29) is 6.61 Å². The van der Waals surface area contributed by atoms with Gasteiger partial charge in [0.2, 0.25) is 5.91 Å². The molecule has 116 valence electrons. The van der Waals surface area contributed by atoms with Crippen molar-refractivity contribution >= 4 is 38.4 Å². The van der Waals surface area contributed by atoms with Crippen LogP contribution in [0.15, 0.2) is 0 Å². The van der Waals surface area contributed by atoms with Crippen molar-refractivity contribution in [1.82, 2.24) is 5.32 Å². The Kier molecular flexibility index (Phi) is 8.26. The minimum absolute atomic E-state index is 0.243. The Balaban J connectivity index is 4.46. The molecule has 0 saturated heterocycles. The van der Waals surface area contributed by atoms with Crippen LogP contribution in [0.3, 0.4) is 0 Å². The normalized spacial score (nSPS) is 12.9. The number of imide groups is 1. The molecule has 1 atom stereocenters. The van der Waals surface area contributed by atoms with Crippen LogP contribution in [0.25, 0.3) is 0 Å². The lowest BCUT2D eigenvalue weighted by atomic mass is 9.84. The predicted octanol–water partition coefficient (Wildman–Crippen LogP) is 1.88. The molecular formula is C13H22INO5. The smallest absolute Gasteiger partial charge is 0.311 e. The molecule has 1 unspecified atom stereocenters. The number of carbonyl (C=O) groups excluding carboxylic acids is 3. The number of rotatable bonds is 7. The van der Waals surface area contributed by atoms with Crippen LogP contribution in [0.5, 0.6) is 0 Å². The highest BCUT2D eigenvalue weighted by molar-refractivity contribution is 14.1. The SMILES string of the molecule is CC(C)CC(C)(C)C(=O)OCC(CO)C(=O)NC(=O)I. The molecule has 2 N–H and O–H groups in total. The molecule has 0 radical (unpaired) electrons. The fraction of sp³-hybridized carbons (Fsp3) is 0.769. The summed E-state index contributed by atoms with van der Waals surface area (Å²) in [7, 11) is 0. The van der Waals surface area contributed by atoms with Crippen LogP contribution in [0.1, 0.15) is 34.1 Å². The number of carbonyl (C=O) groups is 3. The van der Waals surface area contributed by atoms with E-state index in [9.17, 15) is 14.4 Å². The van der Waals surface area contributed by atoms with Crippen LogP contribution in [-0.2, 0) is 14.3 Å². The summed E-state index contributed by atoms with van der Waals surface area (Å²) < 4.78 is 4.55. The average Bonchev–Trinajstić information content (AvgIpc) is 2.26. The van der Waals surface area contributed by atoms with Crippen molar-refractivity contribution in [1.29, 1.82) is 0 Å². The van der Waals surface area contributed by atoms with Gasteiger partial charge in [0, 0.05) is 22.6 Å². The maximum atomic E-state index is 12.0. The van der Waals surface area contributed by atoms with Crippen LogP contribution >= 0.6 is 22.6 Å². The minimum atomic E-state index is -0.937. The molecule has 2 amide bonds. The number of amides is 2. The highest BCUT2D eigenvalue weighted by atomic mass is 127. The van der Waals surface area contributed by atoms with Gasteiger partial charge in [0.15, 0.2) is 0 Å². The average molecular weight is 399 g/mol. The van der Waals surface area contributed by atoms with Crippen molar-refractivity contribution in [3.8, 4) is 0 Å². The Morgan fingerprint density at radius 1 is 1.30 bits per heavy atom. The molecule has 0 fully saturated rings. The molecule has 0 rings (SSSR count). The highest BCUT2D eigenvalue weighted by Crippen LogP contribution is 2.27. The molecule has 0 aromatic heterocycles. The molecule has 7 heteroatoms. The fourth-order valence-corrected chi connectivity index (χ4v) is 2.15. The van der Waals surface area contributed by atoms with E-state index in [1.165, 1.54) is 22.6 Å². The van der Waals surface area contributed by atoms with E-state index in [0.717, 1.165) is 0 Å². The second-order valence-corrected chi connectivity index (χ2v) is 6.70. The van der Waals surface area contributed by atoms with E-state index >= 15 is 0 Å². The Morgan fingerprint density at radius 2 is 1.85 bits per heavy atom. The number of hydrogen-bond donors (Lipinski definition) is 2. The fourth-order valence-electron chi connectivity index (χ4n) is 1.89. The maximum Gasteiger partial charge on any atom is 0.311 e. The number of aliphatic hydroxyl groups excluding tert-OH is 1. The number of aliphatic hydroxyl groups is 1. The molecule has 0 saturated carbocycles. The lowest BCUT2D eigenvalue weighted by molar-refractivity contribution is -0.157. The maximum absolute atomic E-state index is 12.0. The van der Waals surface area contributed by atoms with Crippen molar-refractivity contribution in [3.05, 3.63) is 0 Å². The molecule has 20 heavy (non-hydrogen) atoms. The lowest BCUT2D eigenvalue weighted by Gasteiger charge is -2.25. The third kappa shape index (κ3) is 7.18. The van der Waals surface area contributed by atoms with Crippen LogP contribution in [-0.4, -0.2) is 34.1 Å². The van der Waals surface area contributed by atoms with E-state index < -0.39 is 33.7 Å². The zero-order chi connectivity index (χ0) is 15.9. The van der Waals surface area contributed by atoms with Gasteiger partial charge in [-0.1, -0.05) is 13.8 Å². The molecule has 0 aromatic rings. The van der Waals surface area contributed by atoms with Gasteiger partial charge in [0.1, 0.15) is 6.61 Å². The summed E-state index contributed by atoms with van der Waals surface area (Å²) in [5.41, 5.74) is -0.649. The molecule has 0 aromatic carbocycles. The third-order valence-electron chi connectivity index (χ3n) is 2.70. The Labute approximate surface area is 132 Å². The zero-order valence-corrected chi connectivity index (χ0v) is 14.4. The van der Waals surface area contributed by atoms with Gasteiger partial charge < -0.3 is 9.84 Å². The van der Waals surface area contributed by atoms with Gasteiger partial charge in [-0.3, -0.25) is 19.7 Å². The first-order valence-corrected chi connectivity index (χ1v) is 7.46. The van der Waals surface area contributed by atoms with Crippen molar-refractivity contribution in [2.75, 3.05) is 13.2 Å². The van der Waals surface area contributed by atoms with Crippen molar-refractivity contribution < 1.29 is 24.2 Å². The third-order valence-corrected chi connectivity index (χ3v) is 2.97. The number of hydrogen-bond acceptors (Lipinski definition) is 5. The molecule has 6 nitrogen and oxygen atoms in total. The van der Waals surface area contributed by atoms with Crippen LogP contribution in [0.2, 0.25) is 0 Å². The molecule has 0 spiro atoms. The molecular weight excluding hydrogens is 377 g/mol. The van der Waals surface area contributed by atoms with Crippen molar-refractivity contribution in [2.24, 2.45) is 17.3 Å². The monoisotopic (exact) mass is 399 g/mol. The number of halogens is 1. The van der Waals surface area contributed by atoms with Gasteiger partial charge in [0.05, 0.1) is 17.9 Å². The zero-order valence-electron chi connectivity index (χ0n) is 12.2. The summed E-state index contributed by atoms with van der Waals surface area (Å²) >= 11 is 1.41. The first-order chi connectivity index (χ1) is 9.10. The topological polar surface area (TPSA) is 92.7 Å². The van der Waals surface area contributed by atoms with Gasteiger partial charge in [-0.15, -0.1) is 0 Å². The van der Waals surface area contributed by atoms with Crippen molar-refractivity contribution in [2.45, 2.75) is 34.1 Å². The van der Waals surface area contributed by atoms with Gasteiger partial charge in [-0.2, -0.15) is 0 Å². The highest BCUT2D eigenvalue weighted by Gasteiger charge is 2.31. The summed E-state index contributed by atoms with van der Waals surface area (Å²) in [6, 6.07) is 0. The summed E-state index contributed by atoms with van der Waals surface area (Å²) in [6.07, 6.45) is 0.661. The van der Waals surface area contributed by atoms with E-state index in [1.807, 2.05) is 19.2 Å². The van der Waals surface area contributed by atoms with Gasteiger partial charge in [-0.25, -0.2) is 0 Å². The van der Waals surface area contributed by atoms with E-state index in [0.29, 0.717) is 12.3 Å². The molecule has 0 aliphatic carbocycles. The first-order valence-electron chi connectivity index (χ1n) is 6.38. The van der Waals surface area contributed by atoms with E-state index in [1.54, 1.807) is 13.8 Å². The summed E-state index contributed by atoms with van der Waals surface area (Å²) in [6.45, 7) is 6.83. The van der Waals surface area contributed by atoms with E-state index in [2.05, 4.69) is 0 Å². The summed E-state index contributed by atoms with van der Waals surface area (Å²) in [5.74, 6) is -1.67. The number of nitrogens with one attached hydrogen (secondary N) is 1. The van der Waals surface area contributed by atoms with Crippen LogP contribution in [0, 0.1) is 17.3 Å². The quantitative estimate of drug-likeness (QED) is 0.295. The second kappa shape index (κ2) is 8.56. The standard InChI is InChI=1S/C13H22INO5/c1-8(2)5-13(3,4)11(18)20-7-9(6-16)10(17)15-12(14)19/h8-9,16H,5-7H2,1-4H3,(H,15,17,19). The first kappa shape index (κ1) is 19.3. The largest absolute Gasteiger partial charge is 0.464 e. The number of ether oxygens (including phenoxy) is 1. The molecule has 0 aliphatic heterocycles. The lowest BCUT2D eigenvalue weighted by Crippen LogP contribution is -2.38. The van der Waals surface area contributed by atoms with E-state index in [4.69, 9.17) is 9.84 Å². The van der Waals surface area contributed by atoms with Crippen LogP contribution < -0.4 is 5.32 Å². The Hall–Kier alpha value is -0.700. The molecule has 0 aliphatic rings. The van der Waals surface area contributed by atoms with Gasteiger partial charge >= 0.3 is 5.97 Å². The summed E-state index contributed by atoms with van der Waals surface area (Å²) in [5, 5.41) is 11.2. The summed E-state index contributed by atoms with van der Waals surface area (Å²) in [4.78, 5) is 34.3. The Bertz CT molecular complexity index is 368. The molecule has 0 heterocycles. The van der Waals surface area contributed by atoms with Gasteiger partial charge in [0.25, 0.3) is 3.91 Å². The van der Waals surface area contributed by atoms with Crippen LogP contribution in [0.4, 0.5) is 4.79 Å². The van der Waals surface area contributed by atoms with Crippen molar-refractivity contribution in [3.63, 3.8) is 0 Å². The molecule has 0 bridgehead atoms. The predicted molar refractivity (Wildman–Crippen MR) is 82.3 cm³/mol. The minimum Gasteiger partial charge on any atom is -0.464 e. The Morgan fingerprint density at radius 3 is 2.25 bits per heavy atom. The van der Waals surface area contributed by atoms with Gasteiger partial charge in [-0.05, 0) is 26.2 Å². The second-order valence-electron chi connectivity index (χ2n) is 5.72. The number of esters is 1.